The highest BCUT2D eigenvalue weighted by molar-refractivity contribution is 7.88. The molecule has 68 valence electrons. The van der Waals surface area contributed by atoms with Crippen molar-refractivity contribution in [2.24, 2.45) is 5.41 Å². The molecule has 0 bridgehead atoms. The molecular formula is C7H6N2S4. The predicted octanol–water partition coefficient (Wildman–Crippen LogP) is 1.17. The largest absolute Gasteiger partial charge is 0.331 e. The summed E-state index contributed by atoms with van der Waals surface area (Å²) in [5.74, 6) is 0. The van der Waals surface area contributed by atoms with Gasteiger partial charge < -0.3 is 9.80 Å². The summed E-state index contributed by atoms with van der Waals surface area (Å²) >= 11 is 20.8. The Labute approximate surface area is 97.9 Å². The van der Waals surface area contributed by atoms with Gasteiger partial charge >= 0.3 is 0 Å². The molecule has 0 radical (unpaired) electrons. The first-order valence-corrected chi connectivity index (χ1v) is 5.24. The van der Waals surface area contributed by atoms with Crippen molar-refractivity contribution in [1.82, 2.24) is 9.80 Å². The molecule has 2 aliphatic rings. The van der Waals surface area contributed by atoms with Crippen molar-refractivity contribution in [2.45, 2.75) is 0 Å². The number of nitrogens with zero attached hydrogens (tertiary/aromatic N) is 2. The summed E-state index contributed by atoms with van der Waals surface area (Å²) in [6.45, 7) is 0. The van der Waals surface area contributed by atoms with E-state index >= 15 is 0 Å². The zero-order chi connectivity index (χ0) is 9.96. The molecule has 0 unspecified atom stereocenters. The van der Waals surface area contributed by atoms with Gasteiger partial charge in [0.05, 0.1) is 0 Å². The smallest absolute Gasteiger partial charge is 0.172 e. The molecule has 13 heavy (non-hydrogen) atoms. The SMILES string of the molecule is CN1C(=S)C2(C1=S)C(=S)N(C)C2=S. The van der Waals surface area contributed by atoms with Gasteiger partial charge in [0.2, 0.25) is 0 Å². The lowest BCUT2D eigenvalue weighted by Crippen LogP contribution is -2.80. The molecule has 2 nitrogen and oxygen atoms in total. The molecule has 0 aromatic rings. The topological polar surface area (TPSA) is 6.48 Å². The average molecular weight is 246 g/mol. The number of hydrogen-bond donors (Lipinski definition) is 0. The highest BCUT2D eigenvalue weighted by Gasteiger charge is 2.67. The third-order valence-corrected chi connectivity index (χ3v) is 4.82. The van der Waals surface area contributed by atoms with E-state index in [2.05, 4.69) is 0 Å². The van der Waals surface area contributed by atoms with Gasteiger partial charge in [-0.1, -0.05) is 48.9 Å². The van der Waals surface area contributed by atoms with Crippen molar-refractivity contribution in [1.29, 1.82) is 0 Å². The third kappa shape index (κ3) is 0.743. The van der Waals surface area contributed by atoms with E-state index in [9.17, 15) is 0 Å². The van der Waals surface area contributed by atoms with Gasteiger partial charge in [-0.3, -0.25) is 0 Å². The lowest BCUT2D eigenvalue weighted by molar-refractivity contribution is 0.527. The van der Waals surface area contributed by atoms with Crippen LogP contribution in [-0.2, 0) is 0 Å². The van der Waals surface area contributed by atoms with E-state index in [4.69, 9.17) is 48.9 Å². The number of rotatable bonds is 0. The van der Waals surface area contributed by atoms with Gasteiger partial charge in [0.25, 0.3) is 0 Å². The molecule has 2 aliphatic heterocycles. The van der Waals surface area contributed by atoms with Gasteiger partial charge in [0.15, 0.2) is 5.41 Å². The van der Waals surface area contributed by atoms with Crippen LogP contribution in [0.4, 0.5) is 0 Å². The summed E-state index contributed by atoms with van der Waals surface area (Å²) in [5, 5.41) is 0. The quantitative estimate of drug-likeness (QED) is 0.588. The normalized spacial score (nSPS) is 25.1. The van der Waals surface area contributed by atoms with Crippen molar-refractivity contribution in [3.05, 3.63) is 0 Å². The Morgan fingerprint density at radius 1 is 0.769 bits per heavy atom. The van der Waals surface area contributed by atoms with Gasteiger partial charge in [0, 0.05) is 14.1 Å². The molecule has 2 rings (SSSR count). The molecule has 0 atom stereocenters. The minimum Gasteiger partial charge on any atom is -0.331 e. The fraction of sp³-hybridized carbons (Fsp3) is 0.429. The Morgan fingerprint density at radius 2 is 1.00 bits per heavy atom. The van der Waals surface area contributed by atoms with Crippen molar-refractivity contribution in [3.8, 4) is 0 Å². The lowest BCUT2D eigenvalue weighted by Gasteiger charge is -2.59. The van der Waals surface area contributed by atoms with Crippen LogP contribution in [0.25, 0.3) is 0 Å². The molecule has 0 amide bonds. The Balaban J connectivity index is 2.46. The molecule has 2 heterocycles. The maximum absolute atomic E-state index is 5.21. The summed E-state index contributed by atoms with van der Waals surface area (Å²) in [6.07, 6.45) is 0. The zero-order valence-corrected chi connectivity index (χ0v) is 10.3. The first kappa shape index (κ1) is 9.51. The molecule has 0 aliphatic carbocycles. The summed E-state index contributed by atoms with van der Waals surface area (Å²) in [5.41, 5.74) is -0.501. The van der Waals surface area contributed by atoms with Gasteiger partial charge in [-0.2, -0.15) is 0 Å². The van der Waals surface area contributed by atoms with E-state index in [-0.39, 0.29) is 0 Å². The lowest BCUT2D eigenvalue weighted by atomic mass is 9.72. The third-order valence-electron chi connectivity index (χ3n) is 2.50. The van der Waals surface area contributed by atoms with Crippen LogP contribution < -0.4 is 0 Å². The molecule has 2 saturated heterocycles. The van der Waals surface area contributed by atoms with Crippen LogP contribution in [-0.4, -0.2) is 43.8 Å². The second-order valence-corrected chi connectivity index (χ2v) is 4.64. The van der Waals surface area contributed by atoms with Crippen LogP contribution in [0, 0.1) is 5.41 Å². The van der Waals surface area contributed by atoms with E-state index in [1.54, 1.807) is 9.80 Å². The minimum atomic E-state index is -0.501. The summed E-state index contributed by atoms with van der Waals surface area (Å²) in [4.78, 5) is 6.54. The monoisotopic (exact) mass is 246 g/mol. The molecule has 0 saturated carbocycles. The van der Waals surface area contributed by atoms with Crippen LogP contribution in [0.3, 0.4) is 0 Å². The molecule has 2 fully saturated rings. The van der Waals surface area contributed by atoms with E-state index in [0.29, 0.717) is 0 Å². The van der Waals surface area contributed by atoms with Crippen LogP contribution in [0.5, 0.6) is 0 Å². The van der Waals surface area contributed by atoms with E-state index < -0.39 is 5.41 Å². The van der Waals surface area contributed by atoms with Crippen molar-refractivity contribution in [3.63, 3.8) is 0 Å². The fourth-order valence-corrected chi connectivity index (χ4v) is 3.66. The Hall–Kier alpha value is -0.0400. The summed E-state index contributed by atoms with van der Waals surface area (Å²) < 4.78 is 0. The highest BCUT2D eigenvalue weighted by Crippen LogP contribution is 2.46. The Bertz CT molecular complexity index is 301. The van der Waals surface area contributed by atoms with Crippen molar-refractivity contribution < 1.29 is 0 Å². The number of hydrogen-bond acceptors (Lipinski definition) is 4. The molecular weight excluding hydrogens is 240 g/mol. The second kappa shape index (κ2) is 2.50. The summed E-state index contributed by atoms with van der Waals surface area (Å²) in [7, 11) is 3.69. The van der Waals surface area contributed by atoms with Crippen molar-refractivity contribution >= 4 is 68.8 Å². The molecule has 0 aromatic heterocycles. The van der Waals surface area contributed by atoms with Gasteiger partial charge in [0.1, 0.15) is 20.0 Å². The van der Waals surface area contributed by atoms with E-state index in [1.807, 2.05) is 14.1 Å². The second-order valence-electron chi connectivity index (χ2n) is 3.09. The minimum absolute atomic E-state index is 0.501. The highest BCUT2D eigenvalue weighted by atomic mass is 32.1. The average Bonchev–Trinajstić information content (AvgIpc) is 2.16. The van der Waals surface area contributed by atoms with E-state index in [0.717, 1.165) is 20.0 Å². The number of thiocarbonyl (C=S) groups is 4. The van der Waals surface area contributed by atoms with Gasteiger partial charge in [-0.15, -0.1) is 0 Å². The standard InChI is InChI=1S/C7H6N2S4/c1-8-3(10)7(4(8)11)5(12)9(2)6(7)13/h1-2H3. The predicted molar refractivity (Wildman–Crippen MR) is 68.4 cm³/mol. The first-order valence-electron chi connectivity index (χ1n) is 3.61. The van der Waals surface area contributed by atoms with Gasteiger partial charge in [-0.05, 0) is 0 Å². The molecule has 1 spiro atoms. The van der Waals surface area contributed by atoms with Crippen molar-refractivity contribution in [2.75, 3.05) is 14.1 Å². The van der Waals surface area contributed by atoms with Crippen LogP contribution in [0.15, 0.2) is 0 Å². The Kier molecular flexibility index (Phi) is 1.83. The summed E-state index contributed by atoms with van der Waals surface area (Å²) in [6, 6.07) is 0. The maximum Gasteiger partial charge on any atom is 0.172 e. The van der Waals surface area contributed by atoms with Gasteiger partial charge in [-0.25, -0.2) is 0 Å². The molecule has 0 aromatic carbocycles. The van der Waals surface area contributed by atoms with Crippen LogP contribution >= 0.6 is 48.9 Å². The number of likely N-dealkylation sites (tertiary alicyclic amines) is 2. The van der Waals surface area contributed by atoms with Crippen LogP contribution in [0.1, 0.15) is 0 Å². The molecule has 0 N–H and O–H groups in total. The zero-order valence-electron chi connectivity index (χ0n) is 7.03. The van der Waals surface area contributed by atoms with Crippen LogP contribution in [0.2, 0.25) is 0 Å². The maximum atomic E-state index is 5.21. The Morgan fingerprint density at radius 3 is 1.23 bits per heavy atom. The van der Waals surface area contributed by atoms with E-state index in [1.165, 1.54) is 0 Å². The molecule has 6 heteroatoms. The first-order chi connectivity index (χ1) is 5.95. The fourth-order valence-electron chi connectivity index (χ4n) is 1.63.